The maximum atomic E-state index is 12.2. The normalized spacial score (nSPS) is 10.5. The number of rotatable bonds is 9. The van der Waals surface area contributed by atoms with Gasteiger partial charge < -0.3 is 19.4 Å². The average Bonchev–Trinajstić information content (AvgIpc) is 3.25. The number of ether oxygens (including phenoxy) is 2. The highest BCUT2D eigenvalue weighted by molar-refractivity contribution is 5.94. The van der Waals surface area contributed by atoms with Crippen molar-refractivity contribution in [3.8, 4) is 17.1 Å². The number of imidazole rings is 1. The predicted octanol–water partition coefficient (Wildman–Crippen LogP) is 3.03. The molecule has 0 aliphatic carbocycles. The molecule has 0 aliphatic heterocycles. The number of nitrogens with zero attached hydrogens (tertiary/aromatic N) is 4. The third-order valence-electron chi connectivity index (χ3n) is 4.08. The van der Waals surface area contributed by atoms with Gasteiger partial charge in [-0.15, -0.1) is 0 Å². The molecule has 2 heterocycles. The second-order valence-corrected chi connectivity index (χ2v) is 5.99. The molecule has 0 atom stereocenters. The van der Waals surface area contributed by atoms with E-state index >= 15 is 0 Å². The Bertz CT molecular complexity index is 895. The van der Waals surface area contributed by atoms with Crippen LogP contribution < -0.4 is 10.1 Å². The van der Waals surface area contributed by atoms with Crippen LogP contribution in [0.3, 0.4) is 0 Å². The highest BCUT2D eigenvalue weighted by atomic mass is 16.5. The Morgan fingerprint density at radius 1 is 1.25 bits per heavy atom. The second kappa shape index (κ2) is 9.50. The molecule has 0 aliphatic rings. The highest BCUT2D eigenvalue weighted by Crippen LogP contribution is 2.22. The van der Waals surface area contributed by atoms with Crippen LogP contribution in [0.15, 0.2) is 49.2 Å². The zero-order valence-corrected chi connectivity index (χ0v) is 16.0. The van der Waals surface area contributed by atoms with Gasteiger partial charge in [-0.2, -0.15) is 0 Å². The van der Waals surface area contributed by atoms with E-state index in [1.165, 1.54) is 6.20 Å². The van der Waals surface area contributed by atoms with Gasteiger partial charge in [-0.05, 0) is 37.6 Å². The quantitative estimate of drug-likeness (QED) is 0.450. The third kappa shape index (κ3) is 4.85. The molecule has 2 aromatic heterocycles. The molecule has 3 rings (SSSR count). The molecule has 0 radical (unpaired) electrons. The molecule has 0 spiro atoms. The van der Waals surface area contributed by atoms with Crippen molar-refractivity contribution < 1.29 is 14.3 Å². The van der Waals surface area contributed by atoms with Gasteiger partial charge in [0.05, 0.1) is 20.0 Å². The van der Waals surface area contributed by atoms with E-state index in [-0.39, 0.29) is 0 Å². The fourth-order valence-corrected chi connectivity index (χ4v) is 2.64. The summed E-state index contributed by atoms with van der Waals surface area (Å²) in [4.78, 5) is 25.2. The summed E-state index contributed by atoms with van der Waals surface area (Å²) >= 11 is 0. The summed E-state index contributed by atoms with van der Waals surface area (Å²) in [5.41, 5.74) is 1.15. The number of hydrogen-bond donors (Lipinski definition) is 1. The Kier molecular flexibility index (Phi) is 6.56. The summed E-state index contributed by atoms with van der Waals surface area (Å²) in [6.07, 6.45) is 7.79. The first-order valence-corrected chi connectivity index (χ1v) is 9.09. The molecular weight excluding hydrogens is 358 g/mol. The summed E-state index contributed by atoms with van der Waals surface area (Å²) in [6, 6.07) is 7.44. The number of anilines is 1. The standard InChI is InChI=1S/C20H23N5O3/c1-3-28-20(26)17-13-23-18(15-5-7-16(27-2)8-6-15)24-19(17)22-9-4-11-25-12-10-21-14-25/h5-8,10,12-14H,3-4,9,11H2,1-2H3,(H,22,23,24). The van der Waals surface area contributed by atoms with Crippen molar-refractivity contribution in [1.29, 1.82) is 0 Å². The first-order chi connectivity index (χ1) is 13.7. The van der Waals surface area contributed by atoms with Crippen molar-refractivity contribution in [2.24, 2.45) is 0 Å². The molecule has 8 heteroatoms. The van der Waals surface area contributed by atoms with Crippen molar-refractivity contribution >= 4 is 11.8 Å². The van der Waals surface area contributed by atoms with E-state index < -0.39 is 5.97 Å². The first-order valence-electron chi connectivity index (χ1n) is 9.09. The number of esters is 1. The van der Waals surface area contributed by atoms with Gasteiger partial charge in [0, 0.05) is 37.2 Å². The topological polar surface area (TPSA) is 91.2 Å². The van der Waals surface area contributed by atoms with Crippen molar-refractivity contribution in [3.05, 3.63) is 54.7 Å². The van der Waals surface area contributed by atoms with Crippen LogP contribution in [0.2, 0.25) is 0 Å². The summed E-state index contributed by atoms with van der Waals surface area (Å²) < 4.78 is 12.3. The fraction of sp³-hybridized carbons (Fsp3) is 0.300. The van der Waals surface area contributed by atoms with Gasteiger partial charge in [-0.1, -0.05) is 0 Å². The van der Waals surface area contributed by atoms with Gasteiger partial charge in [0.25, 0.3) is 0 Å². The van der Waals surface area contributed by atoms with Crippen LogP contribution in [0, 0.1) is 0 Å². The summed E-state index contributed by atoms with van der Waals surface area (Å²) in [5.74, 6) is 1.29. The molecular formula is C20H23N5O3. The van der Waals surface area contributed by atoms with Crippen LogP contribution >= 0.6 is 0 Å². The highest BCUT2D eigenvalue weighted by Gasteiger charge is 2.16. The maximum Gasteiger partial charge on any atom is 0.343 e. The lowest BCUT2D eigenvalue weighted by Crippen LogP contribution is -2.14. The number of carbonyl (C=O) groups is 1. The number of aryl methyl sites for hydroxylation is 1. The molecule has 0 amide bonds. The van der Waals surface area contributed by atoms with Crippen LogP contribution in [0.4, 0.5) is 5.82 Å². The third-order valence-corrected chi connectivity index (χ3v) is 4.08. The van der Waals surface area contributed by atoms with E-state index in [0.29, 0.717) is 30.4 Å². The first kappa shape index (κ1) is 19.3. The molecule has 1 N–H and O–H groups in total. The van der Waals surface area contributed by atoms with Crippen LogP contribution in [0.25, 0.3) is 11.4 Å². The van der Waals surface area contributed by atoms with E-state index in [9.17, 15) is 4.79 Å². The number of nitrogens with one attached hydrogen (secondary N) is 1. The number of hydrogen-bond acceptors (Lipinski definition) is 7. The molecule has 146 valence electrons. The fourth-order valence-electron chi connectivity index (χ4n) is 2.64. The lowest BCUT2D eigenvalue weighted by molar-refractivity contribution is 0.0526. The van der Waals surface area contributed by atoms with Crippen LogP contribution in [0.5, 0.6) is 5.75 Å². The number of benzene rings is 1. The molecule has 0 saturated carbocycles. The smallest absolute Gasteiger partial charge is 0.343 e. The number of carbonyl (C=O) groups excluding carboxylic acids is 1. The Morgan fingerprint density at radius 2 is 2.07 bits per heavy atom. The Labute approximate surface area is 163 Å². The van der Waals surface area contributed by atoms with Crippen molar-refractivity contribution in [2.75, 3.05) is 25.6 Å². The molecule has 8 nitrogen and oxygen atoms in total. The monoisotopic (exact) mass is 381 g/mol. The van der Waals surface area contributed by atoms with Crippen LogP contribution in [-0.4, -0.2) is 45.7 Å². The zero-order valence-electron chi connectivity index (χ0n) is 16.0. The number of methoxy groups -OCH3 is 1. The summed E-state index contributed by atoms with van der Waals surface area (Å²) in [7, 11) is 1.62. The van der Waals surface area contributed by atoms with Gasteiger partial charge >= 0.3 is 5.97 Å². The minimum Gasteiger partial charge on any atom is -0.497 e. The lowest BCUT2D eigenvalue weighted by atomic mass is 10.2. The van der Waals surface area contributed by atoms with Crippen LogP contribution in [-0.2, 0) is 11.3 Å². The SMILES string of the molecule is CCOC(=O)c1cnc(-c2ccc(OC)cc2)nc1NCCCn1ccnc1. The minimum absolute atomic E-state index is 0.291. The van der Waals surface area contributed by atoms with E-state index in [1.807, 2.05) is 35.0 Å². The molecule has 0 unspecified atom stereocenters. The average molecular weight is 381 g/mol. The molecule has 0 fully saturated rings. The second-order valence-electron chi connectivity index (χ2n) is 5.99. The van der Waals surface area contributed by atoms with Crippen molar-refractivity contribution in [1.82, 2.24) is 19.5 Å². The van der Waals surface area contributed by atoms with Gasteiger partial charge in [-0.25, -0.2) is 19.7 Å². The minimum atomic E-state index is -0.444. The lowest BCUT2D eigenvalue weighted by Gasteiger charge is -2.12. The van der Waals surface area contributed by atoms with Crippen LogP contribution in [0.1, 0.15) is 23.7 Å². The van der Waals surface area contributed by atoms with E-state index in [2.05, 4.69) is 20.3 Å². The molecule has 3 aromatic rings. The van der Waals surface area contributed by atoms with Gasteiger partial charge in [0.2, 0.25) is 0 Å². The van der Waals surface area contributed by atoms with Gasteiger partial charge in [0.15, 0.2) is 5.82 Å². The summed E-state index contributed by atoms with van der Waals surface area (Å²) in [6.45, 7) is 3.52. The molecule has 0 bridgehead atoms. The van der Waals surface area contributed by atoms with Crippen molar-refractivity contribution in [2.45, 2.75) is 19.9 Å². The Hall–Kier alpha value is -3.42. The van der Waals surface area contributed by atoms with E-state index in [4.69, 9.17) is 9.47 Å². The predicted molar refractivity (Wildman–Crippen MR) is 105 cm³/mol. The Balaban J connectivity index is 1.77. The number of aromatic nitrogens is 4. The molecule has 1 aromatic carbocycles. The Morgan fingerprint density at radius 3 is 2.75 bits per heavy atom. The molecule has 28 heavy (non-hydrogen) atoms. The largest absolute Gasteiger partial charge is 0.497 e. The maximum absolute atomic E-state index is 12.2. The van der Waals surface area contributed by atoms with Gasteiger partial charge in [-0.3, -0.25) is 0 Å². The summed E-state index contributed by atoms with van der Waals surface area (Å²) in [5, 5.41) is 3.24. The molecule has 0 saturated heterocycles. The van der Waals surface area contributed by atoms with Crippen molar-refractivity contribution in [3.63, 3.8) is 0 Å². The zero-order chi connectivity index (χ0) is 19.8. The van der Waals surface area contributed by atoms with E-state index in [1.54, 1.807) is 26.6 Å². The van der Waals surface area contributed by atoms with Gasteiger partial charge in [0.1, 0.15) is 17.1 Å². The van der Waals surface area contributed by atoms with E-state index in [0.717, 1.165) is 24.3 Å².